The number of morpholine rings is 1. The van der Waals surface area contributed by atoms with E-state index in [0.29, 0.717) is 5.56 Å². The summed E-state index contributed by atoms with van der Waals surface area (Å²) in [5.41, 5.74) is 1.58. The Morgan fingerprint density at radius 3 is 3.13 bits per heavy atom. The molecule has 2 rings (SSSR count). The van der Waals surface area contributed by atoms with Gasteiger partial charge in [0.1, 0.15) is 0 Å². The van der Waals surface area contributed by atoms with Gasteiger partial charge in [0.2, 0.25) is 0 Å². The van der Waals surface area contributed by atoms with Crippen LogP contribution in [0.5, 0.6) is 0 Å². The van der Waals surface area contributed by atoms with Gasteiger partial charge in [0, 0.05) is 37.0 Å². The van der Waals surface area contributed by atoms with Gasteiger partial charge in [-0.15, -0.1) is 0 Å². The maximum atomic E-state index is 10.4. The number of hydrogen-bond acceptors (Lipinski definition) is 4. The lowest BCUT2D eigenvalue weighted by Crippen LogP contribution is -2.39. The van der Waals surface area contributed by atoms with E-state index in [9.17, 15) is 4.79 Å². The Morgan fingerprint density at radius 2 is 2.53 bits per heavy atom. The first-order valence-corrected chi connectivity index (χ1v) is 5.11. The van der Waals surface area contributed by atoms with Crippen molar-refractivity contribution in [3.63, 3.8) is 0 Å². The summed E-state index contributed by atoms with van der Waals surface area (Å²) in [7, 11) is 0. The van der Waals surface area contributed by atoms with Crippen LogP contribution in [-0.2, 0) is 11.2 Å². The summed E-state index contributed by atoms with van der Waals surface area (Å²) in [6.45, 7) is 2.56. The SMILES string of the molecule is O=Cc1ccc(CC2CNCCO2)nc1. The van der Waals surface area contributed by atoms with Gasteiger partial charge in [-0.3, -0.25) is 9.78 Å². The fraction of sp³-hybridized carbons (Fsp3) is 0.455. The number of ether oxygens (including phenoxy) is 1. The van der Waals surface area contributed by atoms with Gasteiger partial charge in [-0.05, 0) is 12.1 Å². The number of rotatable bonds is 3. The smallest absolute Gasteiger partial charge is 0.151 e. The minimum atomic E-state index is 0.202. The second-order valence-electron chi connectivity index (χ2n) is 3.60. The molecule has 0 aromatic carbocycles. The molecule has 0 radical (unpaired) electrons. The maximum absolute atomic E-state index is 10.4. The fourth-order valence-corrected chi connectivity index (χ4v) is 1.61. The Bertz CT molecular complexity index is 318. The Hall–Kier alpha value is -1.26. The molecule has 1 N–H and O–H groups in total. The van der Waals surface area contributed by atoms with Crippen LogP contribution in [0.15, 0.2) is 18.3 Å². The molecule has 1 aromatic rings. The van der Waals surface area contributed by atoms with E-state index in [1.165, 1.54) is 0 Å². The molecule has 4 heteroatoms. The second kappa shape index (κ2) is 5.00. The molecule has 4 nitrogen and oxygen atoms in total. The number of carbonyl (C=O) groups excluding carboxylic acids is 1. The number of aldehydes is 1. The molecule has 1 aliphatic rings. The third-order valence-corrected chi connectivity index (χ3v) is 2.42. The number of aromatic nitrogens is 1. The third kappa shape index (κ3) is 2.84. The first kappa shape index (κ1) is 10.3. The standard InChI is InChI=1S/C11H14N2O2/c14-8-9-1-2-10(13-6-9)5-11-7-12-3-4-15-11/h1-2,6,8,11-12H,3-5,7H2. The molecule has 1 unspecified atom stereocenters. The van der Waals surface area contributed by atoms with Gasteiger partial charge in [0.05, 0.1) is 12.7 Å². The lowest BCUT2D eigenvalue weighted by Gasteiger charge is -2.23. The zero-order valence-corrected chi connectivity index (χ0v) is 8.48. The topological polar surface area (TPSA) is 51.2 Å². The van der Waals surface area contributed by atoms with E-state index >= 15 is 0 Å². The summed E-state index contributed by atoms with van der Waals surface area (Å²) in [4.78, 5) is 14.6. The van der Waals surface area contributed by atoms with Crippen molar-refractivity contribution >= 4 is 6.29 Å². The third-order valence-electron chi connectivity index (χ3n) is 2.42. The largest absolute Gasteiger partial charge is 0.375 e. The van der Waals surface area contributed by atoms with Gasteiger partial charge in [-0.2, -0.15) is 0 Å². The lowest BCUT2D eigenvalue weighted by molar-refractivity contribution is 0.0286. The molecule has 0 amide bonds. The predicted molar refractivity (Wildman–Crippen MR) is 55.9 cm³/mol. The molecular formula is C11H14N2O2. The molecule has 0 aliphatic carbocycles. The van der Waals surface area contributed by atoms with Gasteiger partial charge in [-0.25, -0.2) is 0 Å². The van der Waals surface area contributed by atoms with Crippen molar-refractivity contribution in [1.29, 1.82) is 0 Å². The molecule has 1 saturated heterocycles. The molecule has 0 bridgehead atoms. The molecule has 0 spiro atoms. The lowest BCUT2D eigenvalue weighted by atomic mass is 10.1. The molecule has 1 aromatic heterocycles. The summed E-state index contributed by atoms with van der Waals surface area (Å²) in [6, 6.07) is 3.66. The Labute approximate surface area is 88.7 Å². The average molecular weight is 206 g/mol. The van der Waals surface area contributed by atoms with E-state index in [-0.39, 0.29) is 6.10 Å². The van der Waals surface area contributed by atoms with E-state index in [4.69, 9.17) is 4.74 Å². The van der Waals surface area contributed by atoms with Crippen LogP contribution in [0.4, 0.5) is 0 Å². The highest BCUT2D eigenvalue weighted by molar-refractivity contribution is 5.73. The summed E-state index contributed by atoms with van der Waals surface area (Å²) >= 11 is 0. The van der Waals surface area contributed by atoms with Crippen molar-refractivity contribution in [2.75, 3.05) is 19.7 Å². The van der Waals surface area contributed by atoms with Crippen molar-refractivity contribution in [3.8, 4) is 0 Å². The highest BCUT2D eigenvalue weighted by atomic mass is 16.5. The molecule has 1 atom stereocenters. The van der Waals surface area contributed by atoms with Crippen LogP contribution in [0.1, 0.15) is 16.1 Å². The number of hydrogen-bond donors (Lipinski definition) is 1. The van der Waals surface area contributed by atoms with Gasteiger partial charge in [0.15, 0.2) is 6.29 Å². The summed E-state index contributed by atoms with van der Waals surface area (Å²) in [6.07, 6.45) is 3.40. The van der Waals surface area contributed by atoms with Crippen LogP contribution >= 0.6 is 0 Å². The van der Waals surface area contributed by atoms with Crippen molar-refractivity contribution in [2.45, 2.75) is 12.5 Å². The van der Waals surface area contributed by atoms with Gasteiger partial charge < -0.3 is 10.1 Å². The van der Waals surface area contributed by atoms with Crippen molar-refractivity contribution < 1.29 is 9.53 Å². The van der Waals surface area contributed by atoms with Crippen molar-refractivity contribution in [1.82, 2.24) is 10.3 Å². The highest BCUT2D eigenvalue weighted by Gasteiger charge is 2.14. The minimum Gasteiger partial charge on any atom is -0.375 e. The first-order chi connectivity index (χ1) is 7.38. The molecule has 1 aliphatic heterocycles. The maximum Gasteiger partial charge on any atom is 0.151 e. The average Bonchev–Trinajstić information content (AvgIpc) is 2.31. The molecule has 0 saturated carbocycles. The Morgan fingerprint density at radius 1 is 1.60 bits per heavy atom. The predicted octanol–water partition coefficient (Wildman–Crippen LogP) is 0.425. The molecule has 1 fully saturated rings. The van der Waals surface area contributed by atoms with Gasteiger partial charge in [-0.1, -0.05) is 0 Å². The van der Waals surface area contributed by atoms with Crippen LogP contribution < -0.4 is 5.32 Å². The highest BCUT2D eigenvalue weighted by Crippen LogP contribution is 2.05. The minimum absolute atomic E-state index is 0.202. The van der Waals surface area contributed by atoms with E-state index < -0.39 is 0 Å². The summed E-state index contributed by atoms with van der Waals surface area (Å²) in [5.74, 6) is 0. The quantitative estimate of drug-likeness (QED) is 0.728. The van der Waals surface area contributed by atoms with Gasteiger partial charge >= 0.3 is 0 Å². The van der Waals surface area contributed by atoms with E-state index in [0.717, 1.165) is 38.1 Å². The summed E-state index contributed by atoms with van der Waals surface area (Å²) in [5, 5.41) is 3.27. The Kier molecular flexibility index (Phi) is 3.42. The zero-order chi connectivity index (χ0) is 10.5. The normalized spacial score (nSPS) is 21.2. The van der Waals surface area contributed by atoms with E-state index in [2.05, 4.69) is 10.3 Å². The molecule has 80 valence electrons. The van der Waals surface area contributed by atoms with Crippen LogP contribution in [-0.4, -0.2) is 37.1 Å². The van der Waals surface area contributed by atoms with E-state index in [1.54, 1.807) is 12.3 Å². The van der Waals surface area contributed by atoms with Crippen LogP contribution in [0, 0.1) is 0 Å². The molecule has 2 heterocycles. The summed E-state index contributed by atoms with van der Waals surface area (Å²) < 4.78 is 5.57. The van der Waals surface area contributed by atoms with Crippen LogP contribution in [0.2, 0.25) is 0 Å². The van der Waals surface area contributed by atoms with Crippen LogP contribution in [0.25, 0.3) is 0 Å². The zero-order valence-electron chi connectivity index (χ0n) is 8.48. The number of nitrogens with zero attached hydrogens (tertiary/aromatic N) is 1. The van der Waals surface area contributed by atoms with Crippen molar-refractivity contribution in [3.05, 3.63) is 29.6 Å². The first-order valence-electron chi connectivity index (χ1n) is 5.11. The van der Waals surface area contributed by atoms with E-state index in [1.807, 2.05) is 6.07 Å². The molecule has 15 heavy (non-hydrogen) atoms. The second-order valence-corrected chi connectivity index (χ2v) is 3.60. The fourth-order valence-electron chi connectivity index (χ4n) is 1.61. The number of nitrogens with one attached hydrogen (secondary N) is 1. The van der Waals surface area contributed by atoms with Crippen molar-refractivity contribution in [2.24, 2.45) is 0 Å². The Balaban J connectivity index is 1.94. The number of carbonyl (C=O) groups is 1. The molecular weight excluding hydrogens is 192 g/mol. The monoisotopic (exact) mass is 206 g/mol. The number of pyridine rings is 1. The van der Waals surface area contributed by atoms with Crippen LogP contribution in [0.3, 0.4) is 0 Å². The van der Waals surface area contributed by atoms with Gasteiger partial charge in [0.25, 0.3) is 0 Å².